The second-order valence-electron chi connectivity index (χ2n) is 4.22. The predicted molar refractivity (Wildman–Crippen MR) is 73.0 cm³/mol. The summed E-state index contributed by atoms with van der Waals surface area (Å²) in [5.74, 6) is -0.0937. The lowest BCUT2D eigenvalue weighted by Crippen LogP contribution is -2.00. The van der Waals surface area contributed by atoms with E-state index in [-0.39, 0.29) is 5.97 Å². The molecule has 0 saturated carbocycles. The number of hydrogen-bond donors (Lipinski definition) is 1. The fraction of sp³-hybridized carbons (Fsp3) is 0.0714. The van der Waals surface area contributed by atoms with E-state index < -0.39 is 0 Å². The summed E-state index contributed by atoms with van der Waals surface area (Å²) < 4.78 is 9.66. The summed E-state index contributed by atoms with van der Waals surface area (Å²) in [5, 5.41) is 4.30. The van der Waals surface area contributed by atoms with Gasteiger partial charge in [0, 0.05) is 11.8 Å². The van der Waals surface area contributed by atoms with E-state index in [1.165, 1.54) is 7.11 Å². The van der Waals surface area contributed by atoms with Crippen molar-refractivity contribution in [2.75, 3.05) is 12.8 Å². The molecule has 0 spiro atoms. The molecule has 6 nitrogen and oxygen atoms in total. The van der Waals surface area contributed by atoms with Gasteiger partial charge < -0.3 is 15.0 Å². The average Bonchev–Trinajstić information content (AvgIpc) is 2.87. The van der Waals surface area contributed by atoms with Crippen LogP contribution in [0.5, 0.6) is 0 Å². The number of aromatic nitrogens is 2. The van der Waals surface area contributed by atoms with Crippen LogP contribution in [0.2, 0.25) is 0 Å². The largest absolute Gasteiger partial charge is 0.465 e. The smallest absolute Gasteiger partial charge is 0.337 e. The molecule has 0 fully saturated rings. The van der Waals surface area contributed by atoms with Gasteiger partial charge in [-0.05, 0) is 23.8 Å². The molecular weight excluding hydrogens is 258 g/mol. The molecule has 0 aliphatic rings. The summed E-state index contributed by atoms with van der Waals surface area (Å²) in [4.78, 5) is 15.7. The highest BCUT2D eigenvalue weighted by atomic mass is 16.5. The number of nitrogens with zero attached hydrogens (tertiary/aromatic N) is 2. The third-order valence-electron chi connectivity index (χ3n) is 2.97. The number of methoxy groups -OCH3 is 1. The van der Waals surface area contributed by atoms with Crippen molar-refractivity contribution in [1.29, 1.82) is 0 Å². The van der Waals surface area contributed by atoms with Crippen LogP contribution in [0.25, 0.3) is 22.2 Å². The summed E-state index contributed by atoms with van der Waals surface area (Å²) in [5.41, 5.74) is 8.22. The Morgan fingerprint density at radius 3 is 2.95 bits per heavy atom. The summed E-state index contributed by atoms with van der Waals surface area (Å²) in [6.45, 7) is 0. The summed E-state index contributed by atoms with van der Waals surface area (Å²) in [6.07, 6.45) is 1.64. The number of carbonyl (C=O) groups excluding carboxylic acids is 1. The van der Waals surface area contributed by atoms with Gasteiger partial charge in [-0.15, -0.1) is 0 Å². The molecule has 3 aromatic rings. The number of carbonyl (C=O) groups is 1. The quantitative estimate of drug-likeness (QED) is 0.717. The molecule has 6 heteroatoms. The standard InChI is InChI=1S/C14H11N3O3/c1-19-14(18)9-4-2-3-8(5-9)10-6-11-12(15)17-20-13(11)16-7-10/h2-7H,1H3,(H2,15,17). The second kappa shape index (κ2) is 4.65. The van der Waals surface area contributed by atoms with E-state index in [4.69, 9.17) is 15.0 Å². The fourth-order valence-electron chi connectivity index (χ4n) is 1.95. The Bertz CT molecular complexity index is 795. The van der Waals surface area contributed by atoms with Crippen molar-refractivity contribution in [3.63, 3.8) is 0 Å². The van der Waals surface area contributed by atoms with E-state index >= 15 is 0 Å². The molecule has 2 heterocycles. The summed E-state index contributed by atoms with van der Waals surface area (Å²) in [6, 6.07) is 8.90. The number of fused-ring (bicyclic) bond motifs is 1. The van der Waals surface area contributed by atoms with Crippen molar-refractivity contribution < 1.29 is 14.1 Å². The van der Waals surface area contributed by atoms with Crippen LogP contribution in [0.4, 0.5) is 5.82 Å². The lowest BCUT2D eigenvalue weighted by molar-refractivity contribution is 0.0601. The molecule has 0 bridgehead atoms. The highest BCUT2D eigenvalue weighted by Crippen LogP contribution is 2.26. The molecule has 0 saturated heterocycles. The Balaban J connectivity index is 2.10. The molecule has 0 amide bonds. The molecule has 1 aromatic carbocycles. The van der Waals surface area contributed by atoms with Crippen LogP contribution in [0.3, 0.4) is 0 Å². The van der Waals surface area contributed by atoms with Gasteiger partial charge in [-0.1, -0.05) is 17.3 Å². The normalized spacial score (nSPS) is 10.7. The number of nitrogens with two attached hydrogens (primary N) is 1. The van der Waals surface area contributed by atoms with Crippen LogP contribution in [-0.2, 0) is 4.74 Å². The maximum absolute atomic E-state index is 11.5. The molecule has 0 unspecified atom stereocenters. The van der Waals surface area contributed by atoms with Crippen molar-refractivity contribution in [3.8, 4) is 11.1 Å². The molecule has 0 radical (unpaired) electrons. The van der Waals surface area contributed by atoms with Gasteiger partial charge in [0.25, 0.3) is 5.71 Å². The van der Waals surface area contributed by atoms with Gasteiger partial charge in [-0.25, -0.2) is 9.78 Å². The SMILES string of the molecule is COC(=O)c1cccc(-c2cnc3onc(N)c3c2)c1. The van der Waals surface area contributed by atoms with E-state index in [9.17, 15) is 4.79 Å². The Hall–Kier alpha value is -2.89. The van der Waals surface area contributed by atoms with Gasteiger partial charge >= 0.3 is 5.97 Å². The molecule has 0 atom stereocenters. The summed E-state index contributed by atoms with van der Waals surface area (Å²) in [7, 11) is 1.35. The topological polar surface area (TPSA) is 91.2 Å². The van der Waals surface area contributed by atoms with Gasteiger partial charge in [0.15, 0.2) is 5.82 Å². The van der Waals surface area contributed by atoms with E-state index in [2.05, 4.69) is 10.1 Å². The van der Waals surface area contributed by atoms with E-state index in [0.29, 0.717) is 22.5 Å². The monoisotopic (exact) mass is 269 g/mol. The minimum Gasteiger partial charge on any atom is -0.465 e. The number of pyridine rings is 1. The first kappa shape index (κ1) is 12.2. The molecule has 2 aromatic heterocycles. The first-order chi connectivity index (χ1) is 9.69. The molecule has 0 aliphatic carbocycles. The minimum atomic E-state index is -0.384. The van der Waals surface area contributed by atoms with Crippen molar-refractivity contribution in [2.24, 2.45) is 0 Å². The average molecular weight is 269 g/mol. The zero-order valence-corrected chi connectivity index (χ0v) is 10.7. The van der Waals surface area contributed by atoms with Gasteiger partial charge in [-0.2, -0.15) is 0 Å². The fourth-order valence-corrected chi connectivity index (χ4v) is 1.95. The highest BCUT2D eigenvalue weighted by molar-refractivity contribution is 5.92. The zero-order valence-electron chi connectivity index (χ0n) is 10.7. The van der Waals surface area contributed by atoms with Crippen molar-refractivity contribution in [1.82, 2.24) is 10.1 Å². The number of ether oxygens (including phenoxy) is 1. The number of nitrogen functional groups attached to an aromatic ring is 1. The molecule has 3 rings (SSSR count). The lowest BCUT2D eigenvalue weighted by Gasteiger charge is -2.04. The Morgan fingerprint density at radius 1 is 1.30 bits per heavy atom. The predicted octanol–water partition coefficient (Wildman–Crippen LogP) is 2.26. The van der Waals surface area contributed by atoms with Gasteiger partial charge in [0.1, 0.15) is 0 Å². The number of rotatable bonds is 2. The number of hydrogen-bond acceptors (Lipinski definition) is 6. The van der Waals surface area contributed by atoms with Crippen LogP contribution < -0.4 is 5.73 Å². The number of benzene rings is 1. The van der Waals surface area contributed by atoms with Crippen LogP contribution in [0.15, 0.2) is 41.1 Å². The van der Waals surface area contributed by atoms with Gasteiger partial charge in [0.05, 0.1) is 18.1 Å². The lowest BCUT2D eigenvalue weighted by atomic mass is 10.0. The van der Waals surface area contributed by atoms with Gasteiger partial charge in [0.2, 0.25) is 0 Å². The minimum absolute atomic E-state index is 0.290. The van der Waals surface area contributed by atoms with E-state index in [1.54, 1.807) is 24.4 Å². The Labute approximate surface area is 114 Å². The van der Waals surface area contributed by atoms with Gasteiger partial charge in [-0.3, -0.25) is 0 Å². The van der Waals surface area contributed by atoms with Crippen LogP contribution in [0, 0.1) is 0 Å². The van der Waals surface area contributed by atoms with E-state index in [1.807, 2.05) is 12.1 Å². The zero-order chi connectivity index (χ0) is 14.1. The number of esters is 1. The van der Waals surface area contributed by atoms with Crippen molar-refractivity contribution in [3.05, 3.63) is 42.1 Å². The van der Waals surface area contributed by atoms with Crippen molar-refractivity contribution in [2.45, 2.75) is 0 Å². The molecular formula is C14H11N3O3. The third kappa shape index (κ3) is 1.97. The Kier molecular flexibility index (Phi) is 2.83. The Morgan fingerprint density at radius 2 is 2.15 bits per heavy atom. The van der Waals surface area contributed by atoms with Crippen LogP contribution in [0.1, 0.15) is 10.4 Å². The molecule has 0 aliphatic heterocycles. The number of anilines is 1. The van der Waals surface area contributed by atoms with Crippen LogP contribution >= 0.6 is 0 Å². The third-order valence-corrected chi connectivity index (χ3v) is 2.97. The maximum atomic E-state index is 11.5. The first-order valence-electron chi connectivity index (χ1n) is 5.88. The highest BCUT2D eigenvalue weighted by Gasteiger charge is 2.10. The first-order valence-corrected chi connectivity index (χ1v) is 5.88. The molecule has 2 N–H and O–H groups in total. The summed E-state index contributed by atoms with van der Waals surface area (Å²) >= 11 is 0. The van der Waals surface area contributed by atoms with Crippen LogP contribution in [-0.4, -0.2) is 23.2 Å². The van der Waals surface area contributed by atoms with Crippen molar-refractivity contribution >= 4 is 22.9 Å². The second-order valence-corrected chi connectivity index (χ2v) is 4.22. The molecule has 20 heavy (non-hydrogen) atoms. The van der Waals surface area contributed by atoms with E-state index in [0.717, 1.165) is 11.1 Å². The maximum Gasteiger partial charge on any atom is 0.337 e. The molecule has 100 valence electrons.